The van der Waals surface area contributed by atoms with Crippen molar-refractivity contribution in [2.45, 2.75) is 31.2 Å². The summed E-state index contributed by atoms with van der Waals surface area (Å²) in [6.45, 7) is 0. The summed E-state index contributed by atoms with van der Waals surface area (Å²) >= 11 is 0. The normalized spacial score (nSPS) is 20.3. The zero-order valence-electron chi connectivity index (χ0n) is 12.7. The maximum absolute atomic E-state index is 12.5. The highest BCUT2D eigenvalue weighted by atomic mass is 16.5. The Morgan fingerprint density at radius 2 is 2.09 bits per heavy atom. The molecule has 0 N–H and O–H groups in total. The zero-order valence-corrected chi connectivity index (χ0v) is 12.7. The SMILES string of the molecule is COc1ccc(CC2N=CN(c3nc(C4CC4)no3)C2=O)cc1. The molecule has 0 saturated heterocycles. The number of methoxy groups -OCH3 is 1. The van der Waals surface area contributed by atoms with Crippen molar-refractivity contribution in [1.29, 1.82) is 0 Å². The van der Waals surface area contributed by atoms with Gasteiger partial charge >= 0.3 is 6.01 Å². The second-order valence-corrected chi connectivity index (χ2v) is 5.75. The summed E-state index contributed by atoms with van der Waals surface area (Å²) in [5.74, 6) is 1.71. The largest absolute Gasteiger partial charge is 0.497 e. The average Bonchev–Trinajstić information content (AvgIpc) is 3.21. The van der Waals surface area contributed by atoms with Gasteiger partial charge in [-0.1, -0.05) is 17.3 Å². The second kappa shape index (κ2) is 5.49. The van der Waals surface area contributed by atoms with Crippen LogP contribution in [0.2, 0.25) is 0 Å². The summed E-state index contributed by atoms with van der Waals surface area (Å²) in [4.78, 5) is 22.4. The molecule has 1 aromatic heterocycles. The molecule has 1 aliphatic carbocycles. The van der Waals surface area contributed by atoms with E-state index < -0.39 is 6.04 Å². The molecule has 1 unspecified atom stereocenters. The Morgan fingerprint density at radius 3 is 2.78 bits per heavy atom. The molecule has 1 atom stereocenters. The number of nitrogens with zero attached hydrogens (tertiary/aromatic N) is 4. The standard InChI is InChI=1S/C16H16N4O3/c1-22-12-6-2-10(3-7-12)8-13-15(21)20(9-17-13)16-18-14(19-23-16)11-4-5-11/h2-3,6-7,9,11,13H,4-5,8H2,1H3. The minimum atomic E-state index is -0.459. The van der Waals surface area contributed by atoms with E-state index >= 15 is 0 Å². The highest BCUT2D eigenvalue weighted by Gasteiger charge is 2.35. The van der Waals surface area contributed by atoms with Gasteiger partial charge in [0.2, 0.25) is 0 Å². The van der Waals surface area contributed by atoms with Gasteiger partial charge in [-0.15, -0.1) is 0 Å². The molecule has 1 aromatic carbocycles. The van der Waals surface area contributed by atoms with Gasteiger partial charge in [-0.3, -0.25) is 9.79 Å². The van der Waals surface area contributed by atoms with Crippen LogP contribution >= 0.6 is 0 Å². The zero-order chi connectivity index (χ0) is 15.8. The minimum Gasteiger partial charge on any atom is -0.497 e. The topological polar surface area (TPSA) is 80.8 Å². The van der Waals surface area contributed by atoms with Crippen LogP contribution in [-0.4, -0.2) is 35.5 Å². The number of hydrogen-bond acceptors (Lipinski definition) is 6. The average molecular weight is 312 g/mol. The van der Waals surface area contributed by atoms with E-state index in [0.717, 1.165) is 24.2 Å². The van der Waals surface area contributed by atoms with Gasteiger partial charge in [0, 0.05) is 12.3 Å². The number of benzene rings is 1. The third-order valence-electron chi connectivity index (χ3n) is 4.05. The third-order valence-corrected chi connectivity index (χ3v) is 4.05. The fraction of sp³-hybridized carbons (Fsp3) is 0.375. The first-order valence-electron chi connectivity index (χ1n) is 7.57. The van der Waals surface area contributed by atoms with Crippen LogP contribution in [0, 0.1) is 0 Å². The number of ether oxygens (including phenoxy) is 1. The summed E-state index contributed by atoms with van der Waals surface area (Å²) in [7, 11) is 1.62. The molecular weight excluding hydrogens is 296 g/mol. The minimum absolute atomic E-state index is 0.146. The van der Waals surface area contributed by atoms with Crippen LogP contribution in [0.5, 0.6) is 5.75 Å². The number of aromatic nitrogens is 2. The summed E-state index contributed by atoms with van der Waals surface area (Å²) in [5.41, 5.74) is 1.02. The molecule has 2 aliphatic rings. The van der Waals surface area contributed by atoms with Gasteiger partial charge in [-0.05, 0) is 30.5 Å². The summed E-state index contributed by atoms with van der Waals surface area (Å²) in [6.07, 6.45) is 4.17. The fourth-order valence-electron chi connectivity index (χ4n) is 2.53. The summed E-state index contributed by atoms with van der Waals surface area (Å²) < 4.78 is 10.3. The number of anilines is 1. The molecular formula is C16H16N4O3. The van der Waals surface area contributed by atoms with E-state index in [2.05, 4.69) is 15.1 Å². The van der Waals surface area contributed by atoms with Crippen LogP contribution in [0.15, 0.2) is 33.8 Å². The number of hydrogen-bond donors (Lipinski definition) is 0. The second-order valence-electron chi connectivity index (χ2n) is 5.75. The van der Waals surface area contributed by atoms with Crippen molar-refractivity contribution < 1.29 is 14.1 Å². The smallest absolute Gasteiger partial charge is 0.336 e. The molecule has 1 amide bonds. The van der Waals surface area contributed by atoms with Gasteiger partial charge in [0.05, 0.1) is 7.11 Å². The number of rotatable bonds is 5. The molecule has 2 aromatic rings. The van der Waals surface area contributed by atoms with Crippen LogP contribution < -0.4 is 9.64 Å². The number of aliphatic imine (C=N–C) groups is 1. The lowest BCUT2D eigenvalue weighted by Crippen LogP contribution is -2.32. The van der Waals surface area contributed by atoms with E-state index in [4.69, 9.17) is 9.26 Å². The maximum Gasteiger partial charge on any atom is 0.336 e. The van der Waals surface area contributed by atoms with E-state index in [1.165, 1.54) is 11.2 Å². The first-order chi connectivity index (χ1) is 11.2. The van der Waals surface area contributed by atoms with Gasteiger partial charge in [0.25, 0.3) is 5.91 Å². The van der Waals surface area contributed by atoms with Crippen molar-refractivity contribution in [2.75, 3.05) is 12.0 Å². The Balaban J connectivity index is 1.45. The first-order valence-corrected chi connectivity index (χ1v) is 7.57. The fourth-order valence-corrected chi connectivity index (χ4v) is 2.53. The molecule has 1 saturated carbocycles. The van der Waals surface area contributed by atoms with E-state index in [1.807, 2.05) is 24.3 Å². The van der Waals surface area contributed by atoms with Crippen LogP contribution in [0.1, 0.15) is 30.1 Å². The van der Waals surface area contributed by atoms with E-state index in [-0.39, 0.29) is 11.9 Å². The lowest BCUT2D eigenvalue weighted by Gasteiger charge is -2.10. The van der Waals surface area contributed by atoms with Crippen molar-refractivity contribution >= 4 is 18.3 Å². The van der Waals surface area contributed by atoms with Crippen molar-refractivity contribution in [2.24, 2.45) is 4.99 Å². The van der Waals surface area contributed by atoms with Gasteiger partial charge in [-0.25, -0.2) is 4.90 Å². The molecule has 7 heteroatoms. The van der Waals surface area contributed by atoms with Crippen LogP contribution in [-0.2, 0) is 11.2 Å². The van der Waals surface area contributed by atoms with Gasteiger partial charge in [-0.2, -0.15) is 4.98 Å². The molecule has 0 bridgehead atoms. The molecule has 0 spiro atoms. The Labute approximate surface area is 133 Å². The number of amides is 1. The first kappa shape index (κ1) is 13.9. The Hall–Kier alpha value is -2.70. The van der Waals surface area contributed by atoms with Gasteiger partial charge in [0.1, 0.15) is 18.1 Å². The lowest BCUT2D eigenvalue weighted by molar-refractivity contribution is -0.118. The number of carbonyl (C=O) groups excluding carboxylic acids is 1. The quantitative estimate of drug-likeness (QED) is 0.843. The highest BCUT2D eigenvalue weighted by molar-refractivity contribution is 6.13. The van der Waals surface area contributed by atoms with E-state index in [9.17, 15) is 4.79 Å². The highest BCUT2D eigenvalue weighted by Crippen LogP contribution is 2.38. The maximum atomic E-state index is 12.5. The number of carbonyl (C=O) groups is 1. The molecule has 7 nitrogen and oxygen atoms in total. The molecule has 118 valence electrons. The van der Waals surface area contributed by atoms with Gasteiger partial charge < -0.3 is 9.26 Å². The summed E-state index contributed by atoms with van der Waals surface area (Å²) in [6, 6.07) is 7.36. The predicted octanol–water partition coefficient (Wildman–Crippen LogP) is 1.94. The van der Waals surface area contributed by atoms with Crippen molar-refractivity contribution in [1.82, 2.24) is 10.1 Å². The molecule has 1 fully saturated rings. The van der Waals surface area contributed by atoms with Gasteiger partial charge in [0.15, 0.2) is 5.82 Å². The van der Waals surface area contributed by atoms with E-state index in [1.54, 1.807) is 7.11 Å². The molecule has 4 rings (SSSR count). The third kappa shape index (κ3) is 2.69. The Bertz CT molecular complexity index is 749. The predicted molar refractivity (Wildman–Crippen MR) is 82.7 cm³/mol. The van der Waals surface area contributed by atoms with Crippen LogP contribution in [0.3, 0.4) is 0 Å². The molecule has 0 radical (unpaired) electrons. The lowest BCUT2D eigenvalue weighted by atomic mass is 10.1. The van der Waals surface area contributed by atoms with Crippen LogP contribution in [0.25, 0.3) is 0 Å². The molecule has 2 heterocycles. The monoisotopic (exact) mass is 312 g/mol. The van der Waals surface area contributed by atoms with Crippen molar-refractivity contribution in [3.63, 3.8) is 0 Å². The Kier molecular flexibility index (Phi) is 3.33. The van der Waals surface area contributed by atoms with Crippen molar-refractivity contribution in [3.05, 3.63) is 35.7 Å². The summed E-state index contributed by atoms with van der Waals surface area (Å²) in [5, 5.41) is 3.93. The van der Waals surface area contributed by atoms with Crippen molar-refractivity contribution in [3.8, 4) is 5.75 Å². The van der Waals surface area contributed by atoms with E-state index in [0.29, 0.717) is 18.2 Å². The van der Waals surface area contributed by atoms with Crippen LogP contribution in [0.4, 0.5) is 6.01 Å². The molecule has 23 heavy (non-hydrogen) atoms. The molecule has 1 aliphatic heterocycles. The Morgan fingerprint density at radius 1 is 1.30 bits per heavy atom.